The Morgan fingerprint density at radius 3 is 2.71 bits per heavy atom. The summed E-state index contributed by atoms with van der Waals surface area (Å²) >= 11 is 5.50. The molecule has 0 radical (unpaired) electrons. The van der Waals surface area contributed by atoms with Gasteiger partial charge in [-0.1, -0.05) is 37.6 Å². The van der Waals surface area contributed by atoms with E-state index >= 15 is 0 Å². The minimum Gasteiger partial charge on any atom is -0.306 e. The fourth-order valence-electron chi connectivity index (χ4n) is 2.95. The van der Waals surface area contributed by atoms with Crippen molar-refractivity contribution in [2.75, 3.05) is 6.54 Å². The Labute approximate surface area is 139 Å². The molecule has 3 rings (SSSR count). The van der Waals surface area contributed by atoms with Crippen LogP contribution < -0.4 is 5.32 Å². The van der Waals surface area contributed by atoms with Crippen LogP contribution in [0.3, 0.4) is 0 Å². The first-order valence-corrected chi connectivity index (χ1v) is 9.39. The van der Waals surface area contributed by atoms with Gasteiger partial charge in [-0.3, -0.25) is 0 Å². The van der Waals surface area contributed by atoms with Crippen molar-refractivity contribution in [2.24, 2.45) is 0 Å². The van der Waals surface area contributed by atoms with Crippen molar-refractivity contribution in [3.8, 4) is 0 Å². The molecule has 1 N–H and O–H groups in total. The first-order chi connectivity index (χ1) is 10.2. The van der Waals surface area contributed by atoms with Gasteiger partial charge in [-0.25, -0.2) is 0 Å². The summed E-state index contributed by atoms with van der Waals surface area (Å²) in [7, 11) is 0. The second-order valence-electron chi connectivity index (χ2n) is 5.89. The minimum absolute atomic E-state index is 0.310. The van der Waals surface area contributed by atoms with Crippen LogP contribution in [-0.4, -0.2) is 6.54 Å². The van der Waals surface area contributed by atoms with Crippen LogP contribution in [0.4, 0.5) is 0 Å². The highest BCUT2D eigenvalue weighted by molar-refractivity contribution is 9.11. The van der Waals surface area contributed by atoms with Crippen LogP contribution in [0.1, 0.15) is 59.7 Å². The van der Waals surface area contributed by atoms with E-state index in [9.17, 15) is 0 Å². The number of nitrogens with one attached hydrogen (secondary N) is 1. The van der Waals surface area contributed by atoms with Crippen molar-refractivity contribution in [3.63, 3.8) is 0 Å². The lowest BCUT2D eigenvalue weighted by molar-refractivity contribution is 0.419. The Bertz CT molecular complexity index is 596. The van der Waals surface area contributed by atoms with Gasteiger partial charge in [0.2, 0.25) is 0 Å². The van der Waals surface area contributed by atoms with Crippen LogP contribution in [0.15, 0.2) is 34.1 Å². The smallest absolute Gasteiger partial charge is 0.0731 e. The van der Waals surface area contributed by atoms with E-state index in [1.807, 2.05) is 11.3 Å². The van der Waals surface area contributed by atoms with E-state index in [0.717, 1.165) is 12.5 Å². The standard InChI is InChI=1S/C18H22BrNS/c1-3-20-17(16-10-12(2)18(19)21-16)15-9-5-8-14(11-15)13-6-4-7-13/h5,8-11,13,17,20H,3-4,6-7H2,1-2H3. The molecule has 1 atom stereocenters. The summed E-state index contributed by atoms with van der Waals surface area (Å²) in [5, 5.41) is 3.65. The van der Waals surface area contributed by atoms with Crippen molar-refractivity contribution in [3.05, 3.63) is 55.7 Å². The highest BCUT2D eigenvalue weighted by Crippen LogP contribution is 2.39. The molecular formula is C18H22BrNS. The molecule has 1 saturated carbocycles. The summed E-state index contributed by atoms with van der Waals surface area (Å²) < 4.78 is 1.25. The van der Waals surface area contributed by atoms with Gasteiger partial charge in [-0.2, -0.15) is 0 Å². The lowest BCUT2D eigenvalue weighted by Gasteiger charge is -2.27. The third-order valence-corrected chi connectivity index (χ3v) is 6.59. The second kappa shape index (κ2) is 6.64. The molecular weight excluding hydrogens is 342 g/mol. The molecule has 21 heavy (non-hydrogen) atoms. The molecule has 112 valence electrons. The van der Waals surface area contributed by atoms with Crippen LogP contribution in [0.25, 0.3) is 0 Å². The van der Waals surface area contributed by atoms with Gasteiger partial charge in [0.25, 0.3) is 0 Å². The van der Waals surface area contributed by atoms with E-state index in [1.54, 1.807) is 0 Å². The van der Waals surface area contributed by atoms with Gasteiger partial charge in [0, 0.05) is 4.88 Å². The zero-order chi connectivity index (χ0) is 14.8. The number of hydrogen-bond acceptors (Lipinski definition) is 2. The van der Waals surface area contributed by atoms with Crippen molar-refractivity contribution in [1.29, 1.82) is 0 Å². The number of thiophene rings is 1. The highest BCUT2D eigenvalue weighted by Gasteiger charge is 2.22. The van der Waals surface area contributed by atoms with Crippen molar-refractivity contribution in [1.82, 2.24) is 5.32 Å². The molecule has 0 amide bonds. The molecule has 1 nitrogen and oxygen atoms in total. The summed E-state index contributed by atoms with van der Waals surface area (Å²) in [6, 6.07) is 11.8. The Morgan fingerprint density at radius 2 is 2.14 bits per heavy atom. The van der Waals surface area contributed by atoms with Gasteiger partial charge in [-0.05, 0) is 70.9 Å². The first kappa shape index (κ1) is 15.3. The molecule has 1 heterocycles. The molecule has 2 aromatic rings. The highest BCUT2D eigenvalue weighted by atomic mass is 79.9. The first-order valence-electron chi connectivity index (χ1n) is 7.78. The van der Waals surface area contributed by atoms with Gasteiger partial charge >= 0.3 is 0 Å². The summed E-state index contributed by atoms with van der Waals surface area (Å²) in [5.74, 6) is 0.795. The molecule has 1 aliphatic rings. The van der Waals surface area contributed by atoms with Crippen LogP contribution in [-0.2, 0) is 0 Å². The maximum Gasteiger partial charge on any atom is 0.0731 e. The lowest BCUT2D eigenvalue weighted by atomic mass is 9.79. The largest absolute Gasteiger partial charge is 0.306 e. The minimum atomic E-state index is 0.310. The van der Waals surface area contributed by atoms with Gasteiger partial charge in [0.15, 0.2) is 0 Å². The molecule has 0 aliphatic heterocycles. The molecule has 1 aromatic heterocycles. The van der Waals surface area contributed by atoms with Crippen LogP contribution in [0.2, 0.25) is 0 Å². The molecule has 0 bridgehead atoms. The zero-order valence-corrected chi connectivity index (χ0v) is 15.1. The molecule has 3 heteroatoms. The van der Waals surface area contributed by atoms with Gasteiger partial charge in [-0.15, -0.1) is 11.3 Å². The van der Waals surface area contributed by atoms with Gasteiger partial charge in [0.05, 0.1) is 9.83 Å². The summed E-state index contributed by atoms with van der Waals surface area (Å²) in [6.45, 7) is 5.32. The topological polar surface area (TPSA) is 12.0 Å². The Kier molecular flexibility index (Phi) is 4.82. The predicted molar refractivity (Wildman–Crippen MR) is 95.3 cm³/mol. The van der Waals surface area contributed by atoms with Crippen molar-refractivity contribution < 1.29 is 0 Å². The quantitative estimate of drug-likeness (QED) is 0.709. The van der Waals surface area contributed by atoms with Gasteiger partial charge < -0.3 is 5.32 Å². The third-order valence-electron chi connectivity index (χ3n) is 4.39. The van der Waals surface area contributed by atoms with Gasteiger partial charge in [0.1, 0.15) is 0 Å². The average Bonchev–Trinajstić information content (AvgIpc) is 2.74. The van der Waals surface area contributed by atoms with E-state index < -0.39 is 0 Å². The molecule has 1 aromatic carbocycles. The molecule has 1 unspecified atom stereocenters. The van der Waals surface area contributed by atoms with E-state index in [4.69, 9.17) is 0 Å². The number of benzene rings is 1. The Balaban J connectivity index is 1.92. The maximum atomic E-state index is 3.66. The Hall–Kier alpha value is -0.640. The maximum absolute atomic E-state index is 3.66. The zero-order valence-electron chi connectivity index (χ0n) is 12.7. The van der Waals surface area contributed by atoms with Crippen LogP contribution >= 0.6 is 27.3 Å². The summed E-state index contributed by atoms with van der Waals surface area (Å²) in [6.07, 6.45) is 4.11. The van der Waals surface area contributed by atoms with Crippen LogP contribution in [0, 0.1) is 6.92 Å². The molecule has 1 fully saturated rings. The number of halogens is 1. The van der Waals surface area contributed by atoms with E-state index in [0.29, 0.717) is 6.04 Å². The van der Waals surface area contributed by atoms with E-state index in [-0.39, 0.29) is 0 Å². The van der Waals surface area contributed by atoms with Crippen molar-refractivity contribution >= 4 is 27.3 Å². The van der Waals surface area contributed by atoms with E-state index in [2.05, 4.69) is 65.4 Å². The average molecular weight is 364 g/mol. The summed E-state index contributed by atoms with van der Waals surface area (Å²) in [4.78, 5) is 1.40. The van der Waals surface area contributed by atoms with Crippen molar-refractivity contribution in [2.45, 2.75) is 45.1 Å². The second-order valence-corrected chi connectivity index (χ2v) is 8.30. The molecule has 0 saturated heterocycles. The molecule has 0 spiro atoms. The monoisotopic (exact) mass is 363 g/mol. The third kappa shape index (κ3) is 3.25. The lowest BCUT2D eigenvalue weighted by Crippen LogP contribution is -2.21. The molecule has 1 aliphatic carbocycles. The number of hydrogen-bond donors (Lipinski definition) is 1. The fraction of sp³-hybridized carbons (Fsp3) is 0.444. The predicted octanol–water partition coefficient (Wildman–Crippen LogP) is 5.79. The Morgan fingerprint density at radius 1 is 1.33 bits per heavy atom. The van der Waals surface area contributed by atoms with Crippen LogP contribution in [0.5, 0.6) is 0 Å². The SMILES string of the molecule is CCNC(c1cccc(C2CCC2)c1)c1cc(C)c(Br)s1. The summed E-state index contributed by atoms with van der Waals surface area (Å²) in [5.41, 5.74) is 4.25. The normalized spacial score (nSPS) is 16.7. The fourth-order valence-corrected chi connectivity index (χ4v) is 4.62. The van der Waals surface area contributed by atoms with E-state index in [1.165, 1.54) is 44.6 Å². The number of rotatable bonds is 5. The number of aryl methyl sites for hydroxylation is 1.